The second-order valence-corrected chi connectivity index (χ2v) is 4.91. The van der Waals surface area contributed by atoms with Crippen LogP contribution >= 0.6 is 0 Å². The van der Waals surface area contributed by atoms with E-state index in [0.717, 1.165) is 11.1 Å². The van der Waals surface area contributed by atoms with Gasteiger partial charge in [-0.3, -0.25) is 10.1 Å². The molecular formula is C16H18N2O3. The van der Waals surface area contributed by atoms with Gasteiger partial charge in [0.1, 0.15) is 0 Å². The maximum atomic E-state index is 10.6. The highest BCUT2D eigenvalue weighted by atomic mass is 16.6. The Labute approximate surface area is 123 Å². The van der Waals surface area contributed by atoms with Crippen molar-refractivity contribution in [3.05, 3.63) is 75.8 Å². The van der Waals surface area contributed by atoms with Crippen LogP contribution in [-0.4, -0.2) is 16.6 Å². The summed E-state index contributed by atoms with van der Waals surface area (Å²) in [6, 6.07) is 15.9. The van der Waals surface area contributed by atoms with Crippen molar-refractivity contribution in [2.24, 2.45) is 0 Å². The molecule has 0 aliphatic heterocycles. The minimum atomic E-state index is -0.577. The van der Waals surface area contributed by atoms with E-state index in [4.69, 9.17) is 0 Å². The summed E-state index contributed by atoms with van der Waals surface area (Å²) in [5.41, 5.74) is 1.89. The zero-order valence-corrected chi connectivity index (χ0v) is 11.8. The van der Waals surface area contributed by atoms with Crippen molar-refractivity contribution in [1.82, 2.24) is 5.32 Å². The molecule has 5 nitrogen and oxygen atoms in total. The average Bonchev–Trinajstić information content (AvgIpc) is 2.53. The van der Waals surface area contributed by atoms with Crippen LogP contribution in [0.3, 0.4) is 0 Å². The zero-order chi connectivity index (χ0) is 15.2. The highest BCUT2D eigenvalue weighted by Gasteiger charge is 2.11. The first-order valence-electron chi connectivity index (χ1n) is 6.78. The van der Waals surface area contributed by atoms with E-state index in [1.54, 1.807) is 12.1 Å². The molecule has 0 spiro atoms. The predicted molar refractivity (Wildman–Crippen MR) is 80.9 cm³/mol. The molecule has 0 radical (unpaired) electrons. The van der Waals surface area contributed by atoms with Crippen molar-refractivity contribution in [1.29, 1.82) is 0 Å². The Morgan fingerprint density at radius 3 is 2.29 bits per heavy atom. The number of non-ortho nitro benzene ring substituents is 1. The Kier molecular flexibility index (Phi) is 5.03. The molecule has 0 saturated heterocycles. The van der Waals surface area contributed by atoms with Crippen molar-refractivity contribution < 1.29 is 10.0 Å². The summed E-state index contributed by atoms with van der Waals surface area (Å²) < 4.78 is 0. The summed E-state index contributed by atoms with van der Waals surface area (Å²) in [4.78, 5) is 10.2. The predicted octanol–water partition coefficient (Wildman–Crippen LogP) is 2.98. The van der Waals surface area contributed by atoms with Gasteiger partial charge in [-0.25, -0.2) is 0 Å². The topological polar surface area (TPSA) is 75.4 Å². The molecule has 0 aliphatic carbocycles. The zero-order valence-electron chi connectivity index (χ0n) is 11.8. The van der Waals surface area contributed by atoms with E-state index in [0.29, 0.717) is 6.54 Å². The maximum Gasteiger partial charge on any atom is 0.269 e. The molecule has 0 aliphatic rings. The van der Waals surface area contributed by atoms with Gasteiger partial charge in [-0.1, -0.05) is 42.5 Å². The van der Waals surface area contributed by atoms with Gasteiger partial charge in [0.2, 0.25) is 0 Å². The number of nitrogens with one attached hydrogen (secondary N) is 1. The molecule has 2 aromatic carbocycles. The molecule has 0 heterocycles. The smallest absolute Gasteiger partial charge is 0.269 e. The van der Waals surface area contributed by atoms with Gasteiger partial charge < -0.3 is 10.4 Å². The number of hydrogen-bond acceptors (Lipinski definition) is 4. The number of nitro benzene ring substituents is 1. The Balaban J connectivity index is 1.92. The van der Waals surface area contributed by atoms with E-state index in [9.17, 15) is 15.2 Å². The van der Waals surface area contributed by atoms with Crippen molar-refractivity contribution >= 4 is 5.69 Å². The van der Waals surface area contributed by atoms with Crippen LogP contribution in [0.5, 0.6) is 0 Å². The highest BCUT2D eigenvalue weighted by molar-refractivity contribution is 5.34. The lowest BCUT2D eigenvalue weighted by Gasteiger charge is -2.17. The number of nitrogens with zero attached hydrogens (tertiary/aromatic N) is 1. The minimum Gasteiger partial charge on any atom is -0.387 e. The molecular weight excluding hydrogens is 268 g/mol. The van der Waals surface area contributed by atoms with Crippen molar-refractivity contribution in [2.75, 3.05) is 6.54 Å². The summed E-state index contributed by atoms with van der Waals surface area (Å²) >= 11 is 0. The van der Waals surface area contributed by atoms with Gasteiger partial charge in [-0.2, -0.15) is 0 Å². The van der Waals surface area contributed by atoms with Crippen LogP contribution in [-0.2, 0) is 0 Å². The van der Waals surface area contributed by atoms with Gasteiger partial charge in [0.15, 0.2) is 0 Å². The van der Waals surface area contributed by atoms with Gasteiger partial charge in [0.05, 0.1) is 11.0 Å². The fraction of sp³-hybridized carbons (Fsp3) is 0.250. The molecule has 0 saturated carbocycles. The van der Waals surface area contributed by atoms with Crippen molar-refractivity contribution in [3.63, 3.8) is 0 Å². The van der Waals surface area contributed by atoms with Crippen LogP contribution in [0.2, 0.25) is 0 Å². The summed E-state index contributed by atoms with van der Waals surface area (Å²) in [5.74, 6) is 0. The fourth-order valence-corrected chi connectivity index (χ4v) is 2.08. The third-order valence-electron chi connectivity index (χ3n) is 3.41. The largest absolute Gasteiger partial charge is 0.387 e. The molecule has 21 heavy (non-hydrogen) atoms. The molecule has 2 unspecified atom stereocenters. The molecule has 0 aromatic heterocycles. The number of nitro groups is 1. The first-order valence-corrected chi connectivity index (χ1v) is 6.78. The Morgan fingerprint density at radius 2 is 1.71 bits per heavy atom. The number of rotatable bonds is 6. The lowest BCUT2D eigenvalue weighted by molar-refractivity contribution is -0.384. The molecule has 0 bridgehead atoms. The van der Waals surface area contributed by atoms with Gasteiger partial charge in [-0.15, -0.1) is 0 Å². The molecule has 0 amide bonds. The molecule has 2 N–H and O–H groups in total. The number of hydrogen-bond donors (Lipinski definition) is 2. The minimum absolute atomic E-state index is 0.00386. The number of aliphatic hydroxyl groups excluding tert-OH is 1. The Hall–Kier alpha value is -2.24. The normalized spacial score (nSPS) is 13.6. The molecule has 2 atom stereocenters. The van der Waals surface area contributed by atoms with Gasteiger partial charge in [0.25, 0.3) is 5.69 Å². The van der Waals surface area contributed by atoms with Crippen LogP contribution < -0.4 is 5.32 Å². The first-order chi connectivity index (χ1) is 10.1. The lowest BCUT2D eigenvalue weighted by atomic mass is 10.1. The van der Waals surface area contributed by atoms with Crippen LogP contribution in [0.1, 0.15) is 30.2 Å². The SMILES string of the molecule is CC(NCC(O)c1ccccc1)c1ccc([N+](=O)[O-])cc1. The molecule has 0 fully saturated rings. The molecule has 110 valence electrons. The van der Waals surface area contributed by atoms with E-state index in [2.05, 4.69) is 5.32 Å². The monoisotopic (exact) mass is 286 g/mol. The summed E-state index contributed by atoms with van der Waals surface area (Å²) in [6.07, 6.45) is -0.577. The quantitative estimate of drug-likeness (QED) is 0.632. The fourth-order valence-electron chi connectivity index (χ4n) is 2.08. The van der Waals surface area contributed by atoms with E-state index < -0.39 is 11.0 Å². The number of aliphatic hydroxyl groups is 1. The van der Waals surface area contributed by atoms with Crippen LogP contribution in [0.25, 0.3) is 0 Å². The third-order valence-corrected chi connectivity index (χ3v) is 3.41. The van der Waals surface area contributed by atoms with Gasteiger partial charge in [-0.05, 0) is 18.1 Å². The Morgan fingerprint density at radius 1 is 1.10 bits per heavy atom. The van der Waals surface area contributed by atoms with Crippen LogP contribution in [0.15, 0.2) is 54.6 Å². The molecule has 5 heteroatoms. The van der Waals surface area contributed by atoms with E-state index in [1.807, 2.05) is 37.3 Å². The van der Waals surface area contributed by atoms with Crippen molar-refractivity contribution in [2.45, 2.75) is 19.1 Å². The van der Waals surface area contributed by atoms with Crippen molar-refractivity contribution in [3.8, 4) is 0 Å². The highest BCUT2D eigenvalue weighted by Crippen LogP contribution is 2.18. The summed E-state index contributed by atoms with van der Waals surface area (Å²) in [7, 11) is 0. The lowest BCUT2D eigenvalue weighted by Crippen LogP contribution is -2.24. The van der Waals surface area contributed by atoms with E-state index in [-0.39, 0.29) is 11.7 Å². The van der Waals surface area contributed by atoms with Gasteiger partial charge in [0, 0.05) is 24.7 Å². The van der Waals surface area contributed by atoms with Gasteiger partial charge >= 0.3 is 0 Å². The maximum absolute atomic E-state index is 10.6. The van der Waals surface area contributed by atoms with Crippen LogP contribution in [0, 0.1) is 10.1 Å². The molecule has 2 rings (SSSR count). The summed E-state index contributed by atoms with van der Waals surface area (Å²) in [6.45, 7) is 2.38. The molecule has 2 aromatic rings. The summed E-state index contributed by atoms with van der Waals surface area (Å²) in [5, 5.41) is 23.9. The Bertz CT molecular complexity index is 584. The third kappa shape index (κ3) is 4.11. The van der Waals surface area contributed by atoms with E-state index >= 15 is 0 Å². The number of benzene rings is 2. The van der Waals surface area contributed by atoms with E-state index in [1.165, 1.54) is 12.1 Å². The van der Waals surface area contributed by atoms with Crippen LogP contribution in [0.4, 0.5) is 5.69 Å². The second kappa shape index (κ2) is 6.97. The second-order valence-electron chi connectivity index (χ2n) is 4.91. The first kappa shape index (κ1) is 15.2. The average molecular weight is 286 g/mol. The standard InChI is InChI=1S/C16H18N2O3/c1-12(13-7-9-15(10-8-13)18(20)21)17-11-16(19)14-5-3-2-4-6-14/h2-10,12,16-17,19H,11H2,1H3.